The van der Waals surface area contributed by atoms with Gasteiger partial charge in [-0.15, -0.1) is 12.4 Å². The van der Waals surface area contributed by atoms with Gasteiger partial charge in [-0.3, -0.25) is 4.90 Å². The van der Waals surface area contributed by atoms with Gasteiger partial charge in [0, 0.05) is 19.6 Å². The number of benzene rings is 2. The van der Waals surface area contributed by atoms with E-state index in [2.05, 4.69) is 0 Å². The average Bonchev–Trinajstić information content (AvgIpc) is 2.69. The topological polar surface area (TPSA) is 51.2 Å². The average molecular weight is 416 g/mol. The molecule has 1 saturated heterocycles. The number of halogens is 3. The third kappa shape index (κ3) is 6.04. The van der Waals surface area contributed by atoms with Crippen molar-refractivity contribution in [3.8, 4) is 11.5 Å². The summed E-state index contributed by atoms with van der Waals surface area (Å²) >= 11 is 0. The van der Waals surface area contributed by atoms with Crippen molar-refractivity contribution in [2.45, 2.75) is 12.2 Å². The molecule has 2 aromatic rings. The van der Waals surface area contributed by atoms with E-state index < -0.39 is 17.7 Å². The predicted octanol–water partition coefficient (Wildman–Crippen LogP) is 3.21. The summed E-state index contributed by atoms with van der Waals surface area (Å²) in [6, 6.07) is 10.9. The van der Waals surface area contributed by atoms with E-state index in [1.165, 1.54) is 6.07 Å². The summed E-state index contributed by atoms with van der Waals surface area (Å²) in [5, 5.41) is 10.3. The molecule has 3 rings (SSSR count). The number of ether oxygens (including phenoxy) is 3. The second-order valence-electron chi connectivity index (χ2n) is 6.43. The molecule has 0 aromatic heterocycles. The summed E-state index contributed by atoms with van der Waals surface area (Å²) in [6.45, 7) is 2.15. The molecule has 2 aromatic carbocycles. The fourth-order valence-electron chi connectivity index (χ4n) is 3.00. The highest BCUT2D eigenvalue weighted by atomic mass is 35.5. The fourth-order valence-corrected chi connectivity index (χ4v) is 3.00. The first kappa shape index (κ1) is 22.4. The van der Waals surface area contributed by atoms with Gasteiger partial charge >= 0.3 is 0 Å². The first-order valence-electron chi connectivity index (χ1n) is 8.79. The summed E-state index contributed by atoms with van der Waals surface area (Å²) in [6.07, 6.45) is -1.04. The zero-order valence-corrected chi connectivity index (χ0v) is 16.3. The highest BCUT2D eigenvalue weighted by Gasteiger charge is 2.24. The Morgan fingerprint density at radius 2 is 1.86 bits per heavy atom. The molecule has 0 aliphatic carbocycles. The second-order valence-corrected chi connectivity index (χ2v) is 6.43. The number of aliphatic hydroxyl groups excluding tert-OH is 1. The minimum Gasteiger partial charge on any atom is -0.497 e. The van der Waals surface area contributed by atoms with Crippen LogP contribution in [0, 0.1) is 11.6 Å². The maximum Gasteiger partial charge on any atom is 0.159 e. The molecule has 28 heavy (non-hydrogen) atoms. The Morgan fingerprint density at radius 3 is 2.54 bits per heavy atom. The second kappa shape index (κ2) is 10.6. The number of aliphatic hydroxyl groups is 1. The van der Waals surface area contributed by atoms with E-state index in [-0.39, 0.29) is 25.1 Å². The van der Waals surface area contributed by atoms with Gasteiger partial charge in [0.2, 0.25) is 0 Å². The minimum absolute atomic E-state index is 0. The quantitative estimate of drug-likeness (QED) is 0.752. The van der Waals surface area contributed by atoms with Crippen LogP contribution in [0.5, 0.6) is 11.5 Å². The lowest BCUT2D eigenvalue weighted by atomic mass is 10.1. The maximum atomic E-state index is 13.4. The lowest BCUT2D eigenvalue weighted by molar-refractivity contribution is -0.0460. The van der Waals surface area contributed by atoms with Crippen LogP contribution in [0.2, 0.25) is 0 Å². The Bertz CT molecular complexity index is 747. The number of nitrogens with zero attached hydrogens (tertiary/aromatic N) is 1. The molecule has 2 unspecified atom stereocenters. The van der Waals surface area contributed by atoms with E-state index >= 15 is 0 Å². The molecular weight excluding hydrogens is 392 g/mol. The molecule has 1 aliphatic heterocycles. The van der Waals surface area contributed by atoms with Crippen LogP contribution < -0.4 is 9.47 Å². The van der Waals surface area contributed by atoms with Crippen molar-refractivity contribution >= 4 is 12.4 Å². The summed E-state index contributed by atoms with van der Waals surface area (Å²) in [5.74, 6) is -0.380. The van der Waals surface area contributed by atoms with Crippen molar-refractivity contribution in [2.24, 2.45) is 0 Å². The monoisotopic (exact) mass is 415 g/mol. The van der Waals surface area contributed by atoms with E-state index in [1.54, 1.807) is 31.4 Å². The molecule has 1 fully saturated rings. The molecule has 0 amide bonds. The Labute approximate surface area is 169 Å². The van der Waals surface area contributed by atoms with Crippen LogP contribution in [0.3, 0.4) is 0 Å². The van der Waals surface area contributed by atoms with Crippen molar-refractivity contribution in [2.75, 3.05) is 40.0 Å². The zero-order valence-electron chi connectivity index (χ0n) is 15.5. The van der Waals surface area contributed by atoms with Crippen LogP contribution in [0.15, 0.2) is 42.5 Å². The maximum absolute atomic E-state index is 13.4. The lowest BCUT2D eigenvalue weighted by Crippen LogP contribution is -2.43. The normalized spacial score (nSPS) is 18.2. The molecule has 5 nitrogen and oxygen atoms in total. The summed E-state index contributed by atoms with van der Waals surface area (Å²) < 4.78 is 42.9. The van der Waals surface area contributed by atoms with Crippen LogP contribution in [0.1, 0.15) is 11.7 Å². The molecule has 1 aliphatic rings. The number of β-amino-alcohol motifs (C(OH)–C–C–N with tert-alkyl or cyclic N) is 1. The van der Waals surface area contributed by atoms with E-state index in [9.17, 15) is 13.9 Å². The highest BCUT2D eigenvalue weighted by molar-refractivity contribution is 5.85. The van der Waals surface area contributed by atoms with Crippen LogP contribution in [0.4, 0.5) is 8.78 Å². The van der Waals surface area contributed by atoms with Gasteiger partial charge in [-0.25, -0.2) is 8.78 Å². The standard InChI is InChI=1S/C20H23F2NO4.ClH/c1-25-16-3-5-17(6-4-16)27-13-15(24)11-23-8-9-26-20(12-23)14-2-7-18(21)19(22)10-14;/h2-7,10,15,20,24H,8-9,11-13H2,1H3;1H. The summed E-state index contributed by atoms with van der Waals surface area (Å²) in [4.78, 5) is 2.03. The Morgan fingerprint density at radius 1 is 1.14 bits per heavy atom. The zero-order chi connectivity index (χ0) is 19.2. The molecule has 1 heterocycles. The highest BCUT2D eigenvalue weighted by Crippen LogP contribution is 2.24. The van der Waals surface area contributed by atoms with Gasteiger partial charge in [-0.05, 0) is 42.0 Å². The molecule has 8 heteroatoms. The van der Waals surface area contributed by atoms with Gasteiger partial charge < -0.3 is 19.3 Å². The lowest BCUT2D eigenvalue weighted by Gasteiger charge is -2.34. The molecule has 0 spiro atoms. The van der Waals surface area contributed by atoms with Crippen molar-refractivity contribution in [3.63, 3.8) is 0 Å². The van der Waals surface area contributed by atoms with E-state index in [0.717, 1.165) is 17.9 Å². The third-order valence-electron chi connectivity index (χ3n) is 4.44. The van der Waals surface area contributed by atoms with Crippen molar-refractivity contribution in [3.05, 3.63) is 59.7 Å². The molecule has 0 radical (unpaired) electrons. The largest absolute Gasteiger partial charge is 0.497 e. The van der Waals surface area contributed by atoms with Gasteiger partial charge in [0.15, 0.2) is 11.6 Å². The van der Waals surface area contributed by atoms with Crippen molar-refractivity contribution in [1.29, 1.82) is 0 Å². The predicted molar refractivity (Wildman–Crippen MR) is 103 cm³/mol. The van der Waals surface area contributed by atoms with Gasteiger partial charge in [-0.2, -0.15) is 0 Å². The van der Waals surface area contributed by atoms with Gasteiger partial charge in [-0.1, -0.05) is 6.07 Å². The third-order valence-corrected chi connectivity index (χ3v) is 4.44. The molecule has 0 saturated carbocycles. The van der Waals surface area contributed by atoms with Crippen LogP contribution >= 0.6 is 12.4 Å². The molecule has 1 N–H and O–H groups in total. The fraction of sp³-hybridized carbons (Fsp3) is 0.400. The smallest absolute Gasteiger partial charge is 0.159 e. The Kier molecular flexibility index (Phi) is 8.44. The number of hydrogen-bond donors (Lipinski definition) is 1. The summed E-state index contributed by atoms with van der Waals surface area (Å²) in [7, 11) is 1.59. The first-order chi connectivity index (χ1) is 13.0. The SMILES string of the molecule is COc1ccc(OCC(O)CN2CCOC(c3ccc(F)c(F)c3)C2)cc1.Cl. The minimum atomic E-state index is -0.888. The molecule has 2 atom stereocenters. The molecule has 154 valence electrons. The van der Waals surface area contributed by atoms with E-state index in [1.807, 2.05) is 4.90 Å². The number of methoxy groups -OCH3 is 1. The molecule has 0 bridgehead atoms. The number of morpholine rings is 1. The van der Waals surface area contributed by atoms with Gasteiger partial charge in [0.05, 0.1) is 19.8 Å². The van der Waals surface area contributed by atoms with Crippen LogP contribution in [-0.4, -0.2) is 56.1 Å². The first-order valence-corrected chi connectivity index (χ1v) is 8.79. The molecular formula is C20H24ClF2NO4. The van der Waals surface area contributed by atoms with Crippen LogP contribution in [0.25, 0.3) is 0 Å². The Hall–Kier alpha value is -1.93. The van der Waals surface area contributed by atoms with Crippen LogP contribution in [-0.2, 0) is 4.74 Å². The van der Waals surface area contributed by atoms with Crippen molar-refractivity contribution < 1.29 is 28.1 Å². The van der Waals surface area contributed by atoms with Gasteiger partial charge in [0.1, 0.15) is 24.2 Å². The summed E-state index contributed by atoms with van der Waals surface area (Å²) in [5.41, 5.74) is 0.586. The number of rotatable bonds is 7. The van der Waals surface area contributed by atoms with Crippen molar-refractivity contribution in [1.82, 2.24) is 4.90 Å². The van der Waals surface area contributed by atoms with E-state index in [0.29, 0.717) is 37.6 Å². The van der Waals surface area contributed by atoms with E-state index in [4.69, 9.17) is 14.2 Å². The Balaban J connectivity index is 0.00000280. The van der Waals surface area contributed by atoms with Gasteiger partial charge in [0.25, 0.3) is 0 Å². The number of hydrogen-bond acceptors (Lipinski definition) is 5.